The van der Waals surface area contributed by atoms with Crippen molar-refractivity contribution in [2.24, 2.45) is 0 Å². The van der Waals surface area contributed by atoms with Crippen LogP contribution in [-0.4, -0.2) is 58.5 Å². The SMILES string of the molecule is CC(=O)N[C@H]1[C@@H](Oc2ccccc2)O[C@H](CO)[C@@H](O)[C@H]1O. The van der Waals surface area contributed by atoms with Crippen LogP contribution < -0.4 is 10.1 Å². The summed E-state index contributed by atoms with van der Waals surface area (Å²) in [5, 5.41) is 31.7. The lowest BCUT2D eigenvalue weighted by atomic mass is 9.97. The van der Waals surface area contributed by atoms with Gasteiger partial charge in [-0.15, -0.1) is 0 Å². The second kappa shape index (κ2) is 6.86. The lowest BCUT2D eigenvalue weighted by Crippen LogP contribution is -2.65. The summed E-state index contributed by atoms with van der Waals surface area (Å²) in [7, 11) is 0. The molecule has 5 atom stereocenters. The number of nitrogens with one attached hydrogen (secondary N) is 1. The Kier molecular flexibility index (Phi) is 5.13. The van der Waals surface area contributed by atoms with Gasteiger partial charge in [0.05, 0.1) is 6.61 Å². The van der Waals surface area contributed by atoms with E-state index in [1.807, 2.05) is 6.07 Å². The molecule has 0 aliphatic carbocycles. The van der Waals surface area contributed by atoms with Crippen molar-refractivity contribution in [3.8, 4) is 5.75 Å². The van der Waals surface area contributed by atoms with E-state index < -0.39 is 37.3 Å². The first-order valence-electron chi connectivity index (χ1n) is 6.64. The van der Waals surface area contributed by atoms with Crippen LogP contribution in [0.1, 0.15) is 6.92 Å². The van der Waals surface area contributed by atoms with Gasteiger partial charge >= 0.3 is 0 Å². The molecule has 1 amide bonds. The first kappa shape index (κ1) is 15.7. The fourth-order valence-electron chi connectivity index (χ4n) is 2.20. The Morgan fingerprint density at radius 2 is 1.95 bits per heavy atom. The molecule has 2 rings (SSSR count). The highest BCUT2D eigenvalue weighted by molar-refractivity contribution is 5.73. The summed E-state index contributed by atoms with van der Waals surface area (Å²) in [5.74, 6) is 0.0945. The van der Waals surface area contributed by atoms with Gasteiger partial charge in [0.1, 0.15) is 30.1 Å². The third kappa shape index (κ3) is 3.70. The molecule has 21 heavy (non-hydrogen) atoms. The van der Waals surface area contributed by atoms with E-state index in [1.54, 1.807) is 24.3 Å². The molecule has 1 aromatic rings. The third-order valence-corrected chi connectivity index (χ3v) is 3.25. The van der Waals surface area contributed by atoms with Gasteiger partial charge in [-0.2, -0.15) is 0 Å². The number of aliphatic hydroxyl groups is 3. The minimum Gasteiger partial charge on any atom is -0.463 e. The topological polar surface area (TPSA) is 108 Å². The van der Waals surface area contributed by atoms with E-state index in [2.05, 4.69) is 5.32 Å². The van der Waals surface area contributed by atoms with Gasteiger partial charge in [0.15, 0.2) is 0 Å². The predicted octanol–water partition coefficient (Wildman–Crippen LogP) is -0.991. The molecule has 1 fully saturated rings. The number of aliphatic hydroxyl groups excluding tert-OH is 3. The van der Waals surface area contributed by atoms with E-state index >= 15 is 0 Å². The zero-order valence-electron chi connectivity index (χ0n) is 11.5. The normalized spacial score (nSPS) is 32.5. The molecule has 0 aromatic heterocycles. The second-order valence-electron chi connectivity index (χ2n) is 4.86. The van der Waals surface area contributed by atoms with Gasteiger partial charge in [-0.3, -0.25) is 4.79 Å². The van der Waals surface area contributed by atoms with Crippen LogP contribution in [0.25, 0.3) is 0 Å². The summed E-state index contributed by atoms with van der Waals surface area (Å²) in [4.78, 5) is 11.2. The Morgan fingerprint density at radius 3 is 2.52 bits per heavy atom. The lowest BCUT2D eigenvalue weighted by Gasteiger charge is -2.42. The Hall–Kier alpha value is -1.67. The highest BCUT2D eigenvalue weighted by Gasteiger charge is 2.45. The maximum atomic E-state index is 11.2. The van der Waals surface area contributed by atoms with Crippen molar-refractivity contribution < 1.29 is 29.6 Å². The van der Waals surface area contributed by atoms with Crippen LogP contribution in [0.15, 0.2) is 30.3 Å². The number of hydrogen-bond acceptors (Lipinski definition) is 6. The molecular weight excluding hydrogens is 278 g/mol. The van der Waals surface area contributed by atoms with Gasteiger partial charge in [0.2, 0.25) is 12.2 Å². The van der Waals surface area contributed by atoms with E-state index in [4.69, 9.17) is 9.47 Å². The quantitative estimate of drug-likeness (QED) is 0.568. The van der Waals surface area contributed by atoms with Gasteiger partial charge in [0, 0.05) is 6.92 Å². The second-order valence-corrected chi connectivity index (χ2v) is 4.86. The van der Waals surface area contributed by atoms with Gasteiger partial charge < -0.3 is 30.1 Å². The molecule has 0 saturated carbocycles. The van der Waals surface area contributed by atoms with Gasteiger partial charge in [-0.05, 0) is 12.1 Å². The molecule has 0 spiro atoms. The first-order valence-corrected chi connectivity index (χ1v) is 6.64. The molecule has 1 saturated heterocycles. The molecule has 1 heterocycles. The van der Waals surface area contributed by atoms with Crippen LogP contribution in [-0.2, 0) is 9.53 Å². The number of hydrogen-bond donors (Lipinski definition) is 4. The molecule has 1 aromatic carbocycles. The standard InChI is InChI=1S/C14H19NO6/c1-8(17)15-11-13(19)12(18)10(7-16)21-14(11)20-9-5-3-2-4-6-9/h2-6,10-14,16,18-19H,7H2,1H3,(H,15,17)/t10-,11-,12-,13+,14+/m1/s1. The Morgan fingerprint density at radius 1 is 1.29 bits per heavy atom. The van der Waals surface area contributed by atoms with Crippen LogP contribution in [0.5, 0.6) is 5.75 Å². The van der Waals surface area contributed by atoms with Crippen molar-refractivity contribution >= 4 is 5.91 Å². The van der Waals surface area contributed by atoms with Crippen molar-refractivity contribution in [1.29, 1.82) is 0 Å². The van der Waals surface area contributed by atoms with E-state index in [0.29, 0.717) is 5.75 Å². The maximum absolute atomic E-state index is 11.2. The Bertz CT molecular complexity index is 468. The third-order valence-electron chi connectivity index (χ3n) is 3.25. The van der Waals surface area contributed by atoms with Crippen LogP contribution >= 0.6 is 0 Å². The van der Waals surface area contributed by atoms with Crippen molar-refractivity contribution in [2.45, 2.75) is 37.6 Å². The number of amides is 1. The number of carbonyl (C=O) groups excluding carboxylic acids is 1. The summed E-state index contributed by atoms with van der Waals surface area (Å²) < 4.78 is 11.0. The smallest absolute Gasteiger partial charge is 0.223 e. The monoisotopic (exact) mass is 297 g/mol. The van der Waals surface area contributed by atoms with Crippen molar-refractivity contribution in [3.63, 3.8) is 0 Å². The van der Waals surface area contributed by atoms with Gasteiger partial charge in [-0.25, -0.2) is 0 Å². The number of carbonyl (C=O) groups is 1. The van der Waals surface area contributed by atoms with Crippen LogP contribution in [0.4, 0.5) is 0 Å². The first-order chi connectivity index (χ1) is 10.0. The summed E-state index contributed by atoms with van der Waals surface area (Å²) in [6.07, 6.45) is -4.64. The molecule has 0 unspecified atom stereocenters. The minimum absolute atomic E-state index is 0.390. The average Bonchev–Trinajstić information content (AvgIpc) is 2.47. The molecule has 4 N–H and O–H groups in total. The van der Waals surface area contributed by atoms with Crippen molar-refractivity contribution in [1.82, 2.24) is 5.32 Å². The Labute approximate surface area is 122 Å². The number of ether oxygens (including phenoxy) is 2. The van der Waals surface area contributed by atoms with Gasteiger partial charge in [-0.1, -0.05) is 18.2 Å². The molecule has 1 aliphatic rings. The zero-order chi connectivity index (χ0) is 15.4. The zero-order valence-corrected chi connectivity index (χ0v) is 11.5. The molecule has 1 aliphatic heterocycles. The molecule has 116 valence electrons. The summed E-state index contributed by atoms with van der Waals surface area (Å²) >= 11 is 0. The fourth-order valence-corrected chi connectivity index (χ4v) is 2.20. The summed E-state index contributed by atoms with van der Waals surface area (Å²) in [6, 6.07) is 7.79. The molecule has 7 heteroatoms. The number of rotatable bonds is 4. The maximum Gasteiger partial charge on any atom is 0.223 e. The highest BCUT2D eigenvalue weighted by Crippen LogP contribution is 2.24. The molecule has 0 bridgehead atoms. The number of para-hydroxylation sites is 1. The largest absolute Gasteiger partial charge is 0.463 e. The minimum atomic E-state index is -1.32. The average molecular weight is 297 g/mol. The van der Waals surface area contributed by atoms with E-state index in [0.717, 1.165) is 0 Å². The molecule has 0 radical (unpaired) electrons. The van der Waals surface area contributed by atoms with Crippen LogP contribution in [0, 0.1) is 0 Å². The Balaban J connectivity index is 2.18. The molecular formula is C14H19NO6. The lowest BCUT2D eigenvalue weighted by molar-refractivity contribution is -0.244. The van der Waals surface area contributed by atoms with Crippen molar-refractivity contribution in [3.05, 3.63) is 30.3 Å². The van der Waals surface area contributed by atoms with Crippen LogP contribution in [0.3, 0.4) is 0 Å². The van der Waals surface area contributed by atoms with E-state index in [1.165, 1.54) is 6.92 Å². The van der Waals surface area contributed by atoms with Crippen LogP contribution in [0.2, 0.25) is 0 Å². The van der Waals surface area contributed by atoms with E-state index in [9.17, 15) is 20.1 Å². The highest BCUT2D eigenvalue weighted by atomic mass is 16.7. The fraction of sp³-hybridized carbons (Fsp3) is 0.500. The van der Waals surface area contributed by atoms with E-state index in [-0.39, 0.29) is 5.91 Å². The summed E-state index contributed by atoms with van der Waals surface area (Å²) in [5.41, 5.74) is 0. The summed E-state index contributed by atoms with van der Waals surface area (Å²) in [6.45, 7) is 0.816. The van der Waals surface area contributed by atoms with Crippen molar-refractivity contribution in [2.75, 3.05) is 6.61 Å². The molecule has 7 nitrogen and oxygen atoms in total. The van der Waals surface area contributed by atoms with Gasteiger partial charge in [0.25, 0.3) is 0 Å². The number of benzene rings is 1. The predicted molar refractivity (Wildman–Crippen MR) is 72.4 cm³/mol.